The molecule has 3 rings (SSSR count). The van der Waals surface area contributed by atoms with E-state index in [0.29, 0.717) is 24.3 Å². The van der Waals surface area contributed by atoms with E-state index in [-0.39, 0.29) is 18.1 Å². The number of carbonyl (C=O) groups excluding carboxylic acids is 1. The smallest absolute Gasteiger partial charge is 0.406 e. The van der Waals surface area contributed by atoms with E-state index in [2.05, 4.69) is 15.0 Å². The van der Waals surface area contributed by atoms with Crippen LogP contribution in [0, 0.1) is 0 Å². The number of methoxy groups -OCH3 is 1. The first-order chi connectivity index (χ1) is 16.2. The first-order valence-electron chi connectivity index (χ1n) is 11.4. The van der Waals surface area contributed by atoms with Crippen LogP contribution in [-0.2, 0) is 22.4 Å². The second-order valence-electron chi connectivity index (χ2n) is 8.48. The molecular weight excluding hydrogens is 449 g/mol. The van der Waals surface area contributed by atoms with Crippen LogP contribution in [0.4, 0.5) is 13.2 Å². The van der Waals surface area contributed by atoms with Gasteiger partial charge in [0.1, 0.15) is 11.9 Å². The summed E-state index contributed by atoms with van der Waals surface area (Å²) < 4.78 is 46.0. The zero-order chi connectivity index (χ0) is 24.6. The standard InChI is InChI=1S/C25H31F3N2O4/c1-33-15-12-18-4-8-20(9-5-18)24(32)22(17-30-13-2-3-14-30)29-23(31)16-19-6-10-21(11-7-19)34-25(26,27)28/h4-11,22,24,32H,2-3,12-17H2,1H3,(H,29,31)/t22-,24-/m1/s1. The van der Waals surface area contributed by atoms with Gasteiger partial charge in [0.15, 0.2) is 0 Å². The summed E-state index contributed by atoms with van der Waals surface area (Å²) in [7, 11) is 1.65. The second kappa shape index (κ2) is 12.2. The molecule has 34 heavy (non-hydrogen) atoms. The van der Waals surface area contributed by atoms with Gasteiger partial charge in [0.05, 0.1) is 19.1 Å². The van der Waals surface area contributed by atoms with Gasteiger partial charge in [-0.05, 0) is 61.2 Å². The topological polar surface area (TPSA) is 71.0 Å². The summed E-state index contributed by atoms with van der Waals surface area (Å²) in [6.45, 7) is 2.95. The average molecular weight is 481 g/mol. The van der Waals surface area contributed by atoms with Crippen molar-refractivity contribution in [1.82, 2.24) is 10.2 Å². The highest BCUT2D eigenvalue weighted by Crippen LogP contribution is 2.23. The minimum absolute atomic E-state index is 0.0223. The Bertz CT molecular complexity index is 898. The third kappa shape index (κ3) is 8.30. The number of benzene rings is 2. The number of nitrogens with one attached hydrogen (secondary N) is 1. The molecule has 0 aromatic heterocycles. The minimum atomic E-state index is -4.76. The van der Waals surface area contributed by atoms with Crippen LogP contribution in [-0.4, -0.2) is 61.7 Å². The zero-order valence-corrected chi connectivity index (χ0v) is 19.2. The van der Waals surface area contributed by atoms with Gasteiger partial charge in [-0.1, -0.05) is 36.4 Å². The molecule has 9 heteroatoms. The summed E-state index contributed by atoms with van der Waals surface area (Å²) >= 11 is 0. The Labute approximate surface area is 197 Å². The minimum Gasteiger partial charge on any atom is -0.406 e. The van der Waals surface area contributed by atoms with E-state index in [0.717, 1.165) is 37.9 Å². The molecule has 2 N–H and O–H groups in total. The molecule has 0 unspecified atom stereocenters. The molecular formula is C25H31F3N2O4. The molecule has 0 bridgehead atoms. The van der Waals surface area contributed by atoms with E-state index in [1.165, 1.54) is 24.3 Å². The van der Waals surface area contributed by atoms with Gasteiger partial charge in [0, 0.05) is 13.7 Å². The molecule has 2 atom stereocenters. The molecule has 6 nitrogen and oxygen atoms in total. The summed E-state index contributed by atoms with van der Waals surface area (Å²) in [4.78, 5) is 15.0. The largest absolute Gasteiger partial charge is 0.573 e. The number of aliphatic hydroxyl groups excluding tert-OH is 1. The first-order valence-corrected chi connectivity index (χ1v) is 11.4. The van der Waals surface area contributed by atoms with Crippen LogP contribution in [0.2, 0.25) is 0 Å². The maximum absolute atomic E-state index is 12.8. The lowest BCUT2D eigenvalue weighted by atomic mass is 9.99. The van der Waals surface area contributed by atoms with Crippen LogP contribution < -0.4 is 10.1 Å². The van der Waals surface area contributed by atoms with E-state index in [9.17, 15) is 23.1 Å². The third-order valence-electron chi connectivity index (χ3n) is 5.82. The molecule has 1 heterocycles. The maximum Gasteiger partial charge on any atom is 0.573 e. The normalized spacial score (nSPS) is 16.3. The van der Waals surface area contributed by atoms with E-state index >= 15 is 0 Å². The number of aliphatic hydroxyl groups is 1. The predicted octanol–water partition coefficient (Wildman–Crippen LogP) is 3.63. The Hall–Kier alpha value is -2.62. The zero-order valence-electron chi connectivity index (χ0n) is 19.2. The molecule has 186 valence electrons. The number of ether oxygens (including phenoxy) is 2. The third-order valence-corrected chi connectivity index (χ3v) is 5.82. The van der Waals surface area contributed by atoms with Gasteiger partial charge >= 0.3 is 6.36 Å². The monoisotopic (exact) mass is 480 g/mol. The number of likely N-dealkylation sites (tertiary alicyclic amines) is 1. The molecule has 1 fully saturated rings. The van der Waals surface area contributed by atoms with E-state index in [1.807, 2.05) is 24.3 Å². The number of hydrogen-bond acceptors (Lipinski definition) is 5. The lowest BCUT2D eigenvalue weighted by Crippen LogP contribution is -2.47. The van der Waals surface area contributed by atoms with Gasteiger partial charge in [-0.25, -0.2) is 0 Å². The Morgan fingerprint density at radius 1 is 1.06 bits per heavy atom. The SMILES string of the molecule is COCCc1ccc([C@@H](O)[C@@H](CN2CCCC2)NC(=O)Cc2ccc(OC(F)(F)F)cc2)cc1. The van der Waals surface area contributed by atoms with Crippen LogP contribution in [0.15, 0.2) is 48.5 Å². The average Bonchev–Trinajstić information content (AvgIpc) is 3.30. The van der Waals surface area contributed by atoms with Crippen LogP contribution in [0.25, 0.3) is 0 Å². The Morgan fingerprint density at radius 2 is 1.68 bits per heavy atom. The molecule has 1 aliphatic heterocycles. The number of amides is 1. The lowest BCUT2D eigenvalue weighted by Gasteiger charge is -2.29. The Balaban J connectivity index is 1.64. The fraction of sp³-hybridized carbons (Fsp3) is 0.480. The molecule has 2 aromatic rings. The number of rotatable bonds is 11. The van der Waals surface area contributed by atoms with Crippen LogP contribution >= 0.6 is 0 Å². The molecule has 1 amide bonds. The molecule has 1 aliphatic rings. The molecule has 0 radical (unpaired) electrons. The van der Waals surface area contributed by atoms with Gasteiger partial charge in [-0.3, -0.25) is 4.79 Å². The highest BCUT2D eigenvalue weighted by molar-refractivity contribution is 5.79. The van der Waals surface area contributed by atoms with Gasteiger partial charge in [0.2, 0.25) is 5.91 Å². The van der Waals surface area contributed by atoms with Crippen LogP contribution in [0.1, 0.15) is 35.6 Å². The van der Waals surface area contributed by atoms with Crippen LogP contribution in [0.5, 0.6) is 5.75 Å². The number of carbonyl (C=O) groups is 1. The first kappa shape index (κ1) is 26.0. The van der Waals surface area contributed by atoms with Crippen molar-refractivity contribution in [1.29, 1.82) is 0 Å². The highest BCUT2D eigenvalue weighted by atomic mass is 19.4. The van der Waals surface area contributed by atoms with E-state index in [1.54, 1.807) is 7.11 Å². The predicted molar refractivity (Wildman–Crippen MR) is 121 cm³/mol. The lowest BCUT2D eigenvalue weighted by molar-refractivity contribution is -0.274. The highest BCUT2D eigenvalue weighted by Gasteiger charge is 2.31. The molecule has 1 saturated heterocycles. The molecule has 2 aromatic carbocycles. The fourth-order valence-corrected chi connectivity index (χ4v) is 4.05. The molecule has 0 saturated carbocycles. The summed E-state index contributed by atoms with van der Waals surface area (Å²) in [5.41, 5.74) is 2.35. The van der Waals surface area contributed by atoms with Gasteiger partial charge in [0.25, 0.3) is 0 Å². The Morgan fingerprint density at radius 3 is 2.26 bits per heavy atom. The number of halogens is 3. The summed E-state index contributed by atoms with van der Waals surface area (Å²) in [5.74, 6) is -0.655. The number of nitrogens with zero attached hydrogens (tertiary/aromatic N) is 1. The molecule has 0 aliphatic carbocycles. The summed E-state index contributed by atoms with van der Waals surface area (Å²) in [5, 5.41) is 14.0. The van der Waals surface area contributed by atoms with Crippen molar-refractivity contribution in [2.45, 2.75) is 44.2 Å². The van der Waals surface area contributed by atoms with Crippen molar-refractivity contribution in [3.05, 3.63) is 65.2 Å². The van der Waals surface area contributed by atoms with Crippen molar-refractivity contribution in [3.63, 3.8) is 0 Å². The number of alkyl halides is 3. The maximum atomic E-state index is 12.8. The van der Waals surface area contributed by atoms with Gasteiger partial charge in [-0.15, -0.1) is 13.2 Å². The van der Waals surface area contributed by atoms with Crippen molar-refractivity contribution in [2.24, 2.45) is 0 Å². The second-order valence-corrected chi connectivity index (χ2v) is 8.48. The summed E-state index contributed by atoms with van der Waals surface area (Å²) in [6.07, 6.45) is -2.75. The van der Waals surface area contributed by atoms with Crippen molar-refractivity contribution >= 4 is 5.91 Å². The quantitative estimate of drug-likeness (QED) is 0.514. The molecule has 0 spiro atoms. The summed E-state index contributed by atoms with van der Waals surface area (Å²) in [6, 6.07) is 12.3. The van der Waals surface area contributed by atoms with Gasteiger partial charge in [-0.2, -0.15) is 0 Å². The Kier molecular flexibility index (Phi) is 9.32. The van der Waals surface area contributed by atoms with Crippen LogP contribution in [0.3, 0.4) is 0 Å². The number of hydrogen-bond donors (Lipinski definition) is 2. The van der Waals surface area contributed by atoms with E-state index < -0.39 is 18.5 Å². The van der Waals surface area contributed by atoms with Crippen molar-refractivity contribution in [2.75, 3.05) is 33.4 Å². The van der Waals surface area contributed by atoms with Gasteiger partial charge < -0.3 is 24.8 Å². The van der Waals surface area contributed by atoms with Crippen molar-refractivity contribution in [3.8, 4) is 5.75 Å². The van der Waals surface area contributed by atoms with E-state index in [4.69, 9.17) is 4.74 Å². The fourth-order valence-electron chi connectivity index (χ4n) is 4.05. The van der Waals surface area contributed by atoms with Crippen molar-refractivity contribution < 1.29 is 32.5 Å².